The maximum Gasteiger partial charge on any atom is 0.139 e. The predicted octanol–water partition coefficient (Wildman–Crippen LogP) is 3.12. The Morgan fingerprint density at radius 1 is 1.35 bits per heavy atom. The van der Waals surface area contributed by atoms with Crippen molar-refractivity contribution in [2.45, 2.75) is 13.8 Å². The fourth-order valence-corrected chi connectivity index (χ4v) is 1.63. The van der Waals surface area contributed by atoms with Gasteiger partial charge in [0.25, 0.3) is 0 Å². The Morgan fingerprint density at radius 3 is 2.82 bits per heavy atom. The van der Waals surface area contributed by atoms with Gasteiger partial charge in [-0.1, -0.05) is 26.0 Å². The number of aryl methyl sites for hydroxylation is 1. The van der Waals surface area contributed by atoms with Gasteiger partial charge < -0.3 is 9.30 Å². The van der Waals surface area contributed by atoms with Crippen molar-refractivity contribution < 1.29 is 4.74 Å². The molecular formula is C14H18N2O. The molecule has 3 heteroatoms. The van der Waals surface area contributed by atoms with Gasteiger partial charge in [-0.05, 0) is 18.1 Å². The Balaban J connectivity index is 2.20. The van der Waals surface area contributed by atoms with E-state index >= 15 is 0 Å². The van der Waals surface area contributed by atoms with Crippen LogP contribution in [0.3, 0.4) is 0 Å². The Bertz CT molecular complexity index is 488. The van der Waals surface area contributed by atoms with Crippen LogP contribution in [0.25, 0.3) is 11.4 Å². The second kappa shape index (κ2) is 5.04. The molecule has 90 valence electrons. The van der Waals surface area contributed by atoms with Gasteiger partial charge in [0, 0.05) is 25.0 Å². The number of rotatable bonds is 4. The highest BCUT2D eigenvalue weighted by Crippen LogP contribution is 2.22. The fraction of sp³-hybridized carbons (Fsp3) is 0.357. The highest BCUT2D eigenvalue weighted by atomic mass is 16.5. The van der Waals surface area contributed by atoms with Crippen LogP contribution in [0.1, 0.15) is 13.8 Å². The standard InChI is InChI=1S/C14H18N2O/c1-11(2)10-17-13-6-4-5-12(9-13)14-15-7-8-16(14)3/h4-9,11H,10H2,1-3H3. The van der Waals surface area contributed by atoms with Crippen LogP contribution in [0.15, 0.2) is 36.7 Å². The highest BCUT2D eigenvalue weighted by molar-refractivity contribution is 5.57. The summed E-state index contributed by atoms with van der Waals surface area (Å²) in [7, 11) is 1.99. The third-order valence-corrected chi connectivity index (χ3v) is 2.50. The monoisotopic (exact) mass is 230 g/mol. The summed E-state index contributed by atoms with van der Waals surface area (Å²) in [5, 5.41) is 0. The summed E-state index contributed by atoms with van der Waals surface area (Å²) in [6, 6.07) is 8.06. The third-order valence-electron chi connectivity index (χ3n) is 2.50. The van der Waals surface area contributed by atoms with Crippen LogP contribution in [0.5, 0.6) is 5.75 Å². The lowest BCUT2D eigenvalue weighted by Gasteiger charge is -2.09. The van der Waals surface area contributed by atoms with Crippen LogP contribution in [0.4, 0.5) is 0 Å². The topological polar surface area (TPSA) is 27.1 Å². The van der Waals surface area contributed by atoms with Crippen molar-refractivity contribution in [2.75, 3.05) is 6.61 Å². The molecule has 0 saturated carbocycles. The number of ether oxygens (including phenoxy) is 1. The van der Waals surface area contributed by atoms with E-state index in [1.54, 1.807) is 6.20 Å². The van der Waals surface area contributed by atoms with Gasteiger partial charge in [-0.3, -0.25) is 0 Å². The molecule has 0 spiro atoms. The van der Waals surface area contributed by atoms with E-state index in [0.29, 0.717) is 5.92 Å². The maximum atomic E-state index is 5.71. The van der Waals surface area contributed by atoms with Crippen molar-refractivity contribution >= 4 is 0 Å². The summed E-state index contributed by atoms with van der Waals surface area (Å²) in [5.74, 6) is 2.39. The highest BCUT2D eigenvalue weighted by Gasteiger charge is 2.04. The van der Waals surface area contributed by atoms with Crippen molar-refractivity contribution in [3.63, 3.8) is 0 Å². The smallest absolute Gasteiger partial charge is 0.139 e. The first-order chi connectivity index (χ1) is 8.16. The van der Waals surface area contributed by atoms with Crippen molar-refractivity contribution in [3.05, 3.63) is 36.7 Å². The number of nitrogens with zero attached hydrogens (tertiary/aromatic N) is 2. The maximum absolute atomic E-state index is 5.71. The molecule has 0 fully saturated rings. The van der Waals surface area contributed by atoms with Gasteiger partial charge >= 0.3 is 0 Å². The van der Waals surface area contributed by atoms with E-state index in [9.17, 15) is 0 Å². The number of aromatic nitrogens is 2. The normalized spacial score (nSPS) is 10.8. The zero-order valence-electron chi connectivity index (χ0n) is 10.6. The summed E-state index contributed by atoms with van der Waals surface area (Å²) in [4.78, 5) is 4.33. The van der Waals surface area contributed by atoms with Gasteiger partial charge in [0.05, 0.1) is 6.61 Å². The van der Waals surface area contributed by atoms with Crippen molar-refractivity contribution in [3.8, 4) is 17.1 Å². The van der Waals surface area contributed by atoms with Gasteiger partial charge in [-0.2, -0.15) is 0 Å². The average Bonchev–Trinajstić information content (AvgIpc) is 2.73. The van der Waals surface area contributed by atoms with E-state index in [4.69, 9.17) is 4.74 Å². The summed E-state index contributed by atoms with van der Waals surface area (Å²) in [5.41, 5.74) is 1.08. The average molecular weight is 230 g/mol. The van der Waals surface area contributed by atoms with Crippen LogP contribution in [-0.2, 0) is 7.05 Å². The molecule has 0 aliphatic rings. The zero-order chi connectivity index (χ0) is 12.3. The van der Waals surface area contributed by atoms with Crippen LogP contribution in [0, 0.1) is 5.92 Å². The molecule has 1 aromatic heterocycles. The molecule has 0 aliphatic heterocycles. The first-order valence-electron chi connectivity index (χ1n) is 5.87. The molecule has 17 heavy (non-hydrogen) atoms. The largest absolute Gasteiger partial charge is 0.493 e. The quantitative estimate of drug-likeness (QED) is 0.807. The van der Waals surface area contributed by atoms with Crippen LogP contribution >= 0.6 is 0 Å². The minimum atomic E-state index is 0.534. The number of imidazole rings is 1. The molecule has 2 aromatic rings. The molecule has 0 atom stereocenters. The first kappa shape index (κ1) is 11.7. The molecule has 0 bridgehead atoms. The minimum Gasteiger partial charge on any atom is -0.493 e. The van der Waals surface area contributed by atoms with E-state index in [1.165, 1.54) is 0 Å². The summed E-state index contributed by atoms with van der Waals surface area (Å²) in [6.45, 7) is 5.02. The van der Waals surface area contributed by atoms with Crippen molar-refractivity contribution in [1.29, 1.82) is 0 Å². The predicted molar refractivity (Wildman–Crippen MR) is 69.0 cm³/mol. The first-order valence-corrected chi connectivity index (χ1v) is 5.87. The van der Waals surface area contributed by atoms with E-state index in [1.807, 2.05) is 42.1 Å². The minimum absolute atomic E-state index is 0.534. The van der Waals surface area contributed by atoms with E-state index in [0.717, 1.165) is 23.7 Å². The lowest BCUT2D eigenvalue weighted by atomic mass is 10.2. The van der Waals surface area contributed by atoms with Crippen LogP contribution in [-0.4, -0.2) is 16.2 Å². The molecule has 0 unspecified atom stereocenters. The van der Waals surface area contributed by atoms with Gasteiger partial charge in [0.15, 0.2) is 0 Å². The van der Waals surface area contributed by atoms with Gasteiger partial charge in [0.2, 0.25) is 0 Å². The number of hydrogen-bond donors (Lipinski definition) is 0. The van der Waals surface area contributed by atoms with Crippen LogP contribution in [0.2, 0.25) is 0 Å². The van der Waals surface area contributed by atoms with Crippen LogP contribution < -0.4 is 4.74 Å². The van der Waals surface area contributed by atoms with Gasteiger partial charge in [0.1, 0.15) is 11.6 Å². The molecule has 2 rings (SSSR count). The lowest BCUT2D eigenvalue weighted by molar-refractivity contribution is 0.271. The molecule has 0 N–H and O–H groups in total. The summed E-state index contributed by atoms with van der Waals surface area (Å²) in [6.07, 6.45) is 3.74. The molecule has 0 saturated heterocycles. The summed E-state index contributed by atoms with van der Waals surface area (Å²) < 4.78 is 7.71. The lowest BCUT2D eigenvalue weighted by Crippen LogP contribution is -2.04. The molecule has 0 radical (unpaired) electrons. The molecule has 0 amide bonds. The summed E-state index contributed by atoms with van der Waals surface area (Å²) >= 11 is 0. The molecule has 1 heterocycles. The second-order valence-electron chi connectivity index (χ2n) is 4.59. The SMILES string of the molecule is CC(C)COc1cccc(-c2nccn2C)c1. The third kappa shape index (κ3) is 2.87. The van der Waals surface area contributed by atoms with Gasteiger partial charge in [-0.25, -0.2) is 4.98 Å². The molecule has 3 nitrogen and oxygen atoms in total. The number of benzene rings is 1. The zero-order valence-corrected chi connectivity index (χ0v) is 10.6. The molecule has 0 aliphatic carbocycles. The van der Waals surface area contributed by atoms with E-state index < -0.39 is 0 Å². The Hall–Kier alpha value is -1.77. The van der Waals surface area contributed by atoms with Gasteiger partial charge in [-0.15, -0.1) is 0 Å². The Labute approximate surface area is 102 Å². The molecule has 1 aromatic carbocycles. The Kier molecular flexibility index (Phi) is 3.47. The number of hydrogen-bond acceptors (Lipinski definition) is 2. The van der Waals surface area contributed by atoms with Crippen molar-refractivity contribution in [1.82, 2.24) is 9.55 Å². The van der Waals surface area contributed by atoms with E-state index in [-0.39, 0.29) is 0 Å². The fourth-order valence-electron chi connectivity index (χ4n) is 1.63. The Morgan fingerprint density at radius 2 is 2.18 bits per heavy atom. The second-order valence-corrected chi connectivity index (χ2v) is 4.59. The van der Waals surface area contributed by atoms with Crippen molar-refractivity contribution in [2.24, 2.45) is 13.0 Å². The van der Waals surface area contributed by atoms with E-state index in [2.05, 4.69) is 18.8 Å². The molecular weight excluding hydrogens is 212 g/mol.